The average Bonchev–Trinajstić information content (AvgIpc) is 2.55. The Hall–Kier alpha value is -2.63. The number of hydrogen-bond acceptors (Lipinski definition) is 4. The normalized spacial score (nSPS) is 17.8. The van der Waals surface area contributed by atoms with E-state index >= 15 is 0 Å². The van der Waals surface area contributed by atoms with Crippen molar-refractivity contribution in [1.82, 2.24) is 4.98 Å². The molecule has 1 aliphatic rings. The summed E-state index contributed by atoms with van der Waals surface area (Å²) < 4.78 is 13.4. The predicted octanol–water partition coefficient (Wildman–Crippen LogP) is 2.40. The maximum absolute atomic E-state index is 13.4. The van der Waals surface area contributed by atoms with Crippen LogP contribution in [0.15, 0.2) is 42.7 Å². The molecule has 2 aromatic rings. The molecule has 3 N–H and O–H groups in total. The Bertz CT molecular complexity index is 706. The number of nitrogens with zero attached hydrogens (tertiary/aromatic N) is 2. The van der Waals surface area contributed by atoms with E-state index in [-0.39, 0.29) is 11.9 Å². The quantitative estimate of drug-likeness (QED) is 0.909. The highest BCUT2D eigenvalue weighted by Gasteiger charge is 2.21. The summed E-state index contributed by atoms with van der Waals surface area (Å²) in [7, 11) is 0. The van der Waals surface area contributed by atoms with E-state index in [1.165, 1.54) is 12.3 Å². The second-order valence-electron chi connectivity index (χ2n) is 5.69. The highest BCUT2D eigenvalue weighted by Crippen LogP contribution is 2.23. The molecule has 1 saturated heterocycles. The summed E-state index contributed by atoms with van der Waals surface area (Å²) in [5.74, 6) is -0.735. The molecule has 1 atom stereocenters. The average molecular weight is 314 g/mol. The molecule has 1 fully saturated rings. The summed E-state index contributed by atoms with van der Waals surface area (Å²) in [5.41, 5.74) is 7.34. The van der Waals surface area contributed by atoms with Gasteiger partial charge in [0.1, 0.15) is 5.82 Å². The largest absolute Gasteiger partial charge is 0.380 e. The van der Waals surface area contributed by atoms with E-state index < -0.39 is 5.91 Å². The number of amides is 1. The second kappa shape index (κ2) is 6.64. The lowest BCUT2D eigenvalue weighted by atomic mass is 10.0. The standard InChI is InChI=1S/C17H19FN4O/c18-12-3-1-5-14(9-12)22-8-2-4-13(11-22)21-16-6-7-20-10-15(16)17(19)23/h1,3,5-7,9-10,13H,2,4,8,11H2,(H2,19,23)(H,20,21). The number of nitrogens with one attached hydrogen (secondary N) is 1. The van der Waals surface area contributed by atoms with Gasteiger partial charge >= 0.3 is 0 Å². The van der Waals surface area contributed by atoms with Crippen molar-refractivity contribution in [2.24, 2.45) is 5.73 Å². The molecule has 0 aliphatic carbocycles. The fraction of sp³-hybridized carbons (Fsp3) is 0.294. The number of halogens is 1. The van der Waals surface area contributed by atoms with E-state index in [0.717, 1.165) is 31.6 Å². The topological polar surface area (TPSA) is 71.2 Å². The lowest BCUT2D eigenvalue weighted by molar-refractivity contribution is 0.100. The highest BCUT2D eigenvalue weighted by atomic mass is 19.1. The third-order valence-corrected chi connectivity index (χ3v) is 4.04. The molecule has 2 heterocycles. The molecule has 6 heteroatoms. The van der Waals surface area contributed by atoms with E-state index in [4.69, 9.17) is 5.73 Å². The number of hydrogen-bond donors (Lipinski definition) is 2. The summed E-state index contributed by atoms with van der Waals surface area (Å²) >= 11 is 0. The van der Waals surface area contributed by atoms with Crippen molar-refractivity contribution in [3.63, 3.8) is 0 Å². The molecule has 1 amide bonds. The van der Waals surface area contributed by atoms with Crippen molar-refractivity contribution in [2.45, 2.75) is 18.9 Å². The first-order valence-electron chi connectivity index (χ1n) is 7.64. The zero-order valence-corrected chi connectivity index (χ0v) is 12.7. The van der Waals surface area contributed by atoms with Crippen LogP contribution in [0.25, 0.3) is 0 Å². The molecule has 1 aromatic carbocycles. The Morgan fingerprint density at radius 3 is 3.04 bits per heavy atom. The molecule has 1 aromatic heterocycles. The summed E-state index contributed by atoms with van der Waals surface area (Å²) in [6.07, 6.45) is 5.07. The molecule has 0 saturated carbocycles. The van der Waals surface area contributed by atoms with Crippen LogP contribution in [-0.2, 0) is 0 Å². The molecule has 0 bridgehead atoms. The first-order chi connectivity index (χ1) is 11.1. The van der Waals surface area contributed by atoms with E-state index in [1.807, 2.05) is 6.07 Å². The molecule has 5 nitrogen and oxygen atoms in total. The van der Waals surface area contributed by atoms with Crippen molar-refractivity contribution >= 4 is 17.3 Å². The lowest BCUT2D eigenvalue weighted by Gasteiger charge is -2.35. The van der Waals surface area contributed by atoms with Crippen LogP contribution >= 0.6 is 0 Å². The Kier molecular flexibility index (Phi) is 4.41. The van der Waals surface area contributed by atoms with Crippen molar-refractivity contribution in [2.75, 3.05) is 23.3 Å². The second-order valence-corrected chi connectivity index (χ2v) is 5.69. The summed E-state index contributed by atoms with van der Waals surface area (Å²) in [6.45, 7) is 1.63. The number of nitrogens with two attached hydrogens (primary N) is 1. The van der Waals surface area contributed by atoms with E-state index in [2.05, 4.69) is 15.2 Å². The minimum Gasteiger partial charge on any atom is -0.380 e. The fourth-order valence-corrected chi connectivity index (χ4v) is 2.94. The molecule has 1 unspecified atom stereocenters. The molecule has 0 radical (unpaired) electrons. The van der Waals surface area contributed by atoms with Gasteiger partial charge in [0.15, 0.2) is 0 Å². The maximum atomic E-state index is 13.4. The zero-order valence-electron chi connectivity index (χ0n) is 12.7. The third kappa shape index (κ3) is 3.59. The van der Waals surface area contributed by atoms with Gasteiger partial charge in [-0.05, 0) is 37.1 Å². The zero-order chi connectivity index (χ0) is 16.2. The van der Waals surface area contributed by atoms with Crippen LogP contribution in [0.1, 0.15) is 23.2 Å². The van der Waals surface area contributed by atoms with E-state index in [9.17, 15) is 9.18 Å². The van der Waals surface area contributed by atoms with Crippen LogP contribution < -0.4 is 16.0 Å². The Balaban J connectivity index is 1.73. The fourth-order valence-electron chi connectivity index (χ4n) is 2.94. The smallest absolute Gasteiger partial charge is 0.252 e. The molecule has 23 heavy (non-hydrogen) atoms. The minimum absolute atomic E-state index is 0.160. The minimum atomic E-state index is -0.501. The Morgan fingerprint density at radius 1 is 1.39 bits per heavy atom. The third-order valence-electron chi connectivity index (χ3n) is 4.04. The number of aromatic nitrogens is 1. The van der Waals surface area contributed by atoms with Crippen LogP contribution in [0, 0.1) is 5.82 Å². The first-order valence-corrected chi connectivity index (χ1v) is 7.64. The number of anilines is 2. The van der Waals surface area contributed by atoms with Gasteiger partial charge in [-0.15, -0.1) is 0 Å². The van der Waals surface area contributed by atoms with Crippen molar-refractivity contribution < 1.29 is 9.18 Å². The molecule has 1 aliphatic heterocycles. The van der Waals surface area contributed by atoms with Crippen molar-refractivity contribution in [3.05, 3.63) is 54.1 Å². The van der Waals surface area contributed by atoms with Crippen LogP contribution in [0.2, 0.25) is 0 Å². The van der Waals surface area contributed by atoms with Crippen LogP contribution in [-0.4, -0.2) is 30.0 Å². The van der Waals surface area contributed by atoms with Gasteiger partial charge in [0.05, 0.1) is 11.3 Å². The highest BCUT2D eigenvalue weighted by molar-refractivity contribution is 5.98. The van der Waals surface area contributed by atoms with Crippen LogP contribution in [0.4, 0.5) is 15.8 Å². The number of rotatable bonds is 4. The maximum Gasteiger partial charge on any atom is 0.252 e. The van der Waals surface area contributed by atoms with Gasteiger partial charge in [0.2, 0.25) is 0 Å². The van der Waals surface area contributed by atoms with Gasteiger partial charge in [-0.3, -0.25) is 9.78 Å². The van der Waals surface area contributed by atoms with Crippen molar-refractivity contribution in [3.8, 4) is 0 Å². The summed E-state index contributed by atoms with van der Waals surface area (Å²) in [5, 5.41) is 3.37. The van der Waals surface area contributed by atoms with Crippen LogP contribution in [0.3, 0.4) is 0 Å². The monoisotopic (exact) mass is 314 g/mol. The number of pyridine rings is 1. The Labute approximate surface area is 134 Å². The molecule has 3 rings (SSSR count). The van der Waals surface area contributed by atoms with Crippen LogP contribution in [0.5, 0.6) is 0 Å². The molecule has 120 valence electrons. The Morgan fingerprint density at radius 2 is 2.26 bits per heavy atom. The SMILES string of the molecule is NC(=O)c1cnccc1NC1CCCN(c2cccc(F)c2)C1. The van der Waals surface area contributed by atoms with E-state index in [1.54, 1.807) is 24.4 Å². The number of benzene rings is 1. The number of carbonyl (C=O) groups excluding carboxylic acids is 1. The van der Waals surface area contributed by atoms with E-state index in [0.29, 0.717) is 11.3 Å². The number of piperidine rings is 1. The number of primary amides is 1. The summed E-state index contributed by atoms with van der Waals surface area (Å²) in [6, 6.07) is 8.53. The lowest BCUT2D eigenvalue weighted by Crippen LogP contribution is -2.42. The van der Waals surface area contributed by atoms with Crippen molar-refractivity contribution in [1.29, 1.82) is 0 Å². The molecular weight excluding hydrogens is 295 g/mol. The summed E-state index contributed by atoms with van der Waals surface area (Å²) in [4.78, 5) is 17.6. The van der Waals surface area contributed by atoms with Gasteiger partial charge < -0.3 is 16.0 Å². The van der Waals surface area contributed by atoms with Gasteiger partial charge in [-0.2, -0.15) is 0 Å². The first kappa shape index (κ1) is 15.3. The molecule has 0 spiro atoms. The predicted molar refractivity (Wildman–Crippen MR) is 88.0 cm³/mol. The van der Waals surface area contributed by atoms with Gasteiger partial charge in [-0.1, -0.05) is 6.07 Å². The molecular formula is C17H19FN4O. The van der Waals surface area contributed by atoms with Gasteiger partial charge in [-0.25, -0.2) is 4.39 Å². The number of carbonyl (C=O) groups is 1. The van der Waals surface area contributed by atoms with Gasteiger partial charge in [0, 0.05) is 37.2 Å². The van der Waals surface area contributed by atoms with Gasteiger partial charge in [0.25, 0.3) is 5.91 Å².